The molecule has 1 aromatic heterocycles. The number of aromatic nitrogens is 2. The summed E-state index contributed by atoms with van der Waals surface area (Å²) in [6.07, 6.45) is 1.63. The number of halogens is 1. The van der Waals surface area contributed by atoms with E-state index in [1.54, 1.807) is 28.6 Å². The fourth-order valence-corrected chi connectivity index (χ4v) is 3.22. The number of aryl methyl sites for hydroxylation is 1. The lowest BCUT2D eigenvalue weighted by atomic mass is 10.2. The van der Waals surface area contributed by atoms with Crippen LogP contribution in [0.3, 0.4) is 0 Å². The molecule has 5 heteroatoms. The molecule has 1 aromatic carbocycles. The predicted octanol–water partition coefficient (Wildman–Crippen LogP) is 3.82. The summed E-state index contributed by atoms with van der Waals surface area (Å²) in [7, 11) is 0. The van der Waals surface area contributed by atoms with Crippen molar-refractivity contribution in [2.24, 2.45) is 0 Å². The molecule has 0 amide bonds. The Kier molecular flexibility index (Phi) is 4.80. The molecule has 0 aliphatic rings. The Hall–Kier alpha value is -1.80. The summed E-state index contributed by atoms with van der Waals surface area (Å²) < 4.78 is 14.7. The summed E-state index contributed by atoms with van der Waals surface area (Å²) in [6, 6.07) is 8.58. The van der Waals surface area contributed by atoms with E-state index in [-0.39, 0.29) is 12.4 Å². The van der Waals surface area contributed by atoms with Gasteiger partial charge in [0.15, 0.2) is 0 Å². The van der Waals surface area contributed by atoms with Crippen LogP contribution in [0.2, 0.25) is 0 Å². The normalized spacial score (nSPS) is 10.5. The van der Waals surface area contributed by atoms with Gasteiger partial charge in [-0.25, -0.2) is 4.39 Å². The maximum absolute atomic E-state index is 13.0. The fraction of sp³-hybridized carbons (Fsp3) is 0.333. The zero-order valence-corrected chi connectivity index (χ0v) is 12.4. The first-order chi connectivity index (χ1) is 9.69. The van der Waals surface area contributed by atoms with Gasteiger partial charge in [-0.2, -0.15) is 10.4 Å². The van der Waals surface area contributed by atoms with Crippen LogP contribution in [-0.2, 0) is 19.4 Å². The van der Waals surface area contributed by atoms with Crippen molar-refractivity contribution in [2.45, 2.75) is 43.0 Å². The number of hydrogen-bond acceptors (Lipinski definition) is 3. The number of hydrogen-bond donors (Lipinski definition) is 0. The van der Waals surface area contributed by atoms with Crippen LogP contribution in [0.1, 0.15) is 25.2 Å². The smallest absolute Gasteiger partial charge is 0.128 e. The second-order valence-corrected chi connectivity index (χ2v) is 5.39. The maximum Gasteiger partial charge on any atom is 0.128 e. The highest BCUT2D eigenvalue weighted by atomic mass is 32.2. The molecule has 0 bridgehead atoms. The van der Waals surface area contributed by atoms with Crippen LogP contribution < -0.4 is 0 Å². The summed E-state index contributed by atoms with van der Waals surface area (Å²) in [5.74, 6) is -0.235. The van der Waals surface area contributed by atoms with Crippen molar-refractivity contribution in [3.8, 4) is 6.07 Å². The minimum Gasteiger partial charge on any atom is -0.254 e. The first-order valence-electron chi connectivity index (χ1n) is 6.58. The molecule has 0 radical (unpaired) electrons. The van der Waals surface area contributed by atoms with Gasteiger partial charge in [-0.15, -0.1) is 0 Å². The predicted molar refractivity (Wildman–Crippen MR) is 77.1 cm³/mol. The molecule has 0 unspecified atom stereocenters. The van der Waals surface area contributed by atoms with Gasteiger partial charge in [0.1, 0.15) is 12.4 Å². The lowest BCUT2D eigenvalue weighted by Crippen LogP contribution is -2.03. The maximum atomic E-state index is 13.0. The van der Waals surface area contributed by atoms with Crippen LogP contribution >= 0.6 is 11.8 Å². The highest BCUT2D eigenvalue weighted by Gasteiger charge is 2.16. The largest absolute Gasteiger partial charge is 0.254 e. The average Bonchev–Trinajstić information content (AvgIpc) is 2.78. The third-order valence-corrected chi connectivity index (χ3v) is 4.18. The summed E-state index contributed by atoms with van der Waals surface area (Å²) in [5.41, 5.74) is 2.06. The van der Waals surface area contributed by atoms with E-state index in [4.69, 9.17) is 5.26 Å². The Bertz CT molecular complexity index is 626. The molecule has 2 aromatic rings. The molecule has 0 spiro atoms. The van der Waals surface area contributed by atoms with Crippen LogP contribution in [0.4, 0.5) is 4.39 Å². The van der Waals surface area contributed by atoms with E-state index in [2.05, 4.69) is 18.1 Å². The molecule has 0 saturated carbocycles. The van der Waals surface area contributed by atoms with Crippen LogP contribution in [0.5, 0.6) is 0 Å². The molecule has 2 rings (SSSR count). The summed E-state index contributed by atoms with van der Waals surface area (Å²) in [4.78, 5) is 2.07. The number of nitriles is 1. The van der Waals surface area contributed by atoms with Crippen LogP contribution in [0.15, 0.2) is 34.1 Å². The van der Waals surface area contributed by atoms with E-state index in [0.29, 0.717) is 0 Å². The second-order valence-electron chi connectivity index (χ2n) is 4.30. The molecule has 0 saturated heterocycles. The zero-order valence-electron chi connectivity index (χ0n) is 11.6. The molecule has 0 fully saturated rings. The minimum atomic E-state index is -0.235. The molecule has 0 atom stereocenters. The SMILES string of the molecule is CCc1nn(CC#N)c(CC)c1Sc1ccc(F)cc1. The molecule has 0 aliphatic carbocycles. The Balaban J connectivity index is 2.38. The topological polar surface area (TPSA) is 41.6 Å². The Morgan fingerprint density at radius 1 is 1.25 bits per heavy atom. The van der Waals surface area contributed by atoms with Crippen LogP contribution in [0, 0.1) is 17.1 Å². The van der Waals surface area contributed by atoms with Crippen LogP contribution in [0.25, 0.3) is 0 Å². The van der Waals surface area contributed by atoms with Gasteiger partial charge in [0.05, 0.1) is 22.4 Å². The fourth-order valence-electron chi connectivity index (χ4n) is 2.05. The molecule has 104 valence electrons. The second kappa shape index (κ2) is 6.58. The van der Waals surface area contributed by atoms with E-state index in [0.717, 1.165) is 34.0 Å². The number of nitrogens with zero attached hydrogens (tertiary/aromatic N) is 3. The first-order valence-corrected chi connectivity index (χ1v) is 7.40. The van der Waals surface area contributed by atoms with E-state index < -0.39 is 0 Å². The van der Waals surface area contributed by atoms with Gasteiger partial charge in [-0.05, 0) is 37.1 Å². The molecule has 20 heavy (non-hydrogen) atoms. The van der Waals surface area contributed by atoms with E-state index in [1.807, 2.05) is 6.92 Å². The Morgan fingerprint density at radius 3 is 2.50 bits per heavy atom. The van der Waals surface area contributed by atoms with Gasteiger partial charge in [-0.1, -0.05) is 25.6 Å². The Morgan fingerprint density at radius 2 is 1.95 bits per heavy atom. The molecule has 1 heterocycles. The van der Waals surface area contributed by atoms with Gasteiger partial charge < -0.3 is 0 Å². The lowest BCUT2D eigenvalue weighted by Gasteiger charge is -2.05. The highest BCUT2D eigenvalue weighted by molar-refractivity contribution is 7.99. The van der Waals surface area contributed by atoms with Crippen molar-refractivity contribution < 1.29 is 4.39 Å². The minimum absolute atomic E-state index is 0.235. The van der Waals surface area contributed by atoms with Crippen molar-refractivity contribution in [3.63, 3.8) is 0 Å². The number of rotatable bonds is 5. The first kappa shape index (κ1) is 14.6. The lowest BCUT2D eigenvalue weighted by molar-refractivity contribution is 0.626. The van der Waals surface area contributed by atoms with Crippen molar-refractivity contribution >= 4 is 11.8 Å². The molecule has 3 nitrogen and oxygen atoms in total. The van der Waals surface area contributed by atoms with E-state index in [9.17, 15) is 4.39 Å². The monoisotopic (exact) mass is 289 g/mol. The standard InChI is InChI=1S/C15H16FN3S/c1-3-13-15(14(4-2)19(18-13)10-9-17)20-12-7-5-11(16)6-8-12/h5-8H,3-4,10H2,1-2H3. The van der Waals surface area contributed by atoms with Gasteiger partial charge in [0, 0.05) is 4.90 Å². The van der Waals surface area contributed by atoms with Crippen molar-refractivity contribution in [1.82, 2.24) is 9.78 Å². The van der Waals surface area contributed by atoms with Crippen molar-refractivity contribution in [3.05, 3.63) is 41.5 Å². The molecule has 0 N–H and O–H groups in total. The average molecular weight is 289 g/mol. The van der Waals surface area contributed by atoms with Gasteiger partial charge in [-0.3, -0.25) is 4.68 Å². The molecular formula is C15H16FN3S. The summed E-state index contributed by atoms with van der Waals surface area (Å²) >= 11 is 1.59. The number of benzene rings is 1. The summed E-state index contributed by atoms with van der Waals surface area (Å²) in [5, 5.41) is 13.4. The zero-order chi connectivity index (χ0) is 14.5. The van der Waals surface area contributed by atoms with Gasteiger partial charge >= 0.3 is 0 Å². The van der Waals surface area contributed by atoms with E-state index >= 15 is 0 Å². The van der Waals surface area contributed by atoms with Gasteiger partial charge in [0.2, 0.25) is 0 Å². The van der Waals surface area contributed by atoms with Crippen molar-refractivity contribution in [1.29, 1.82) is 5.26 Å². The van der Waals surface area contributed by atoms with E-state index in [1.165, 1.54) is 12.1 Å². The third-order valence-electron chi connectivity index (χ3n) is 3.00. The Labute approximate surface area is 122 Å². The highest BCUT2D eigenvalue weighted by Crippen LogP contribution is 2.34. The molecule has 0 aliphatic heterocycles. The quantitative estimate of drug-likeness (QED) is 0.840. The molecular weight excluding hydrogens is 273 g/mol. The van der Waals surface area contributed by atoms with Gasteiger partial charge in [0.25, 0.3) is 0 Å². The van der Waals surface area contributed by atoms with Crippen molar-refractivity contribution in [2.75, 3.05) is 0 Å². The van der Waals surface area contributed by atoms with Crippen LogP contribution in [-0.4, -0.2) is 9.78 Å². The summed E-state index contributed by atoms with van der Waals surface area (Å²) in [6.45, 7) is 4.37. The third kappa shape index (κ3) is 3.02.